The van der Waals surface area contributed by atoms with Crippen LogP contribution in [0.4, 0.5) is 0 Å². The highest BCUT2D eigenvalue weighted by Crippen LogP contribution is 2.20. The zero-order valence-electron chi connectivity index (χ0n) is 12.2. The minimum Gasteiger partial charge on any atom is -0.383 e. The van der Waals surface area contributed by atoms with Gasteiger partial charge in [-0.15, -0.1) is 11.3 Å². The van der Waals surface area contributed by atoms with Gasteiger partial charge in [-0.2, -0.15) is 0 Å². The Bertz CT molecular complexity index is 377. The van der Waals surface area contributed by atoms with Crippen LogP contribution in [0.3, 0.4) is 0 Å². The highest BCUT2D eigenvalue weighted by Gasteiger charge is 2.20. The summed E-state index contributed by atoms with van der Waals surface area (Å²) in [6.07, 6.45) is 2.66. The summed E-state index contributed by atoms with van der Waals surface area (Å²) in [5, 5.41) is 6.90. The molecule has 1 aromatic rings. The number of thiazole rings is 1. The van der Waals surface area contributed by atoms with E-state index in [9.17, 15) is 0 Å². The van der Waals surface area contributed by atoms with Crippen molar-refractivity contribution in [2.75, 3.05) is 20.3 Å². The average Bonchev–Trinajstić information content (AvgIpc) is 3.11. The molecule has 0 amide bonds. The first-order valence-corrected chi connectivity index (χ1v) is 7.96. The molecule has 0 aliphatic heterocycles. The Morgan fingerprint density at radius 2 is 2.32 bits per heavy atom. The van der Waals surface area contributed by atoms with E-state index in [2.05, 4.69) is 29.4 Å². The first kappa shape index (κ1) is 14.9. The summed E-state index contributed by atoms with van der Waals surface area (Å²) < 4.78 is 5.17. The summed E-state index contributed by atoms with van der Waals surface area (Å²) in [4.78, 5) is 7.11. The van der Waals surface area contributed by atoms with Gasteiger partial charge in [0.05, 0.1) is 12.3 Å². The van der Waals surface area contributed by atoms with E-state index in [1.54, 1.807) is 18.4 Å². The Morgan fingerprint density at radius 1 is 1.53 bits per heavy atom. The minimum absolute atomic E-state index is 0.518. The van der Waals surface area contributed by atoms with Crippen LogP contribution in [0, 0.1) is 0 Å². The average molecular weight is 283 g/mol. The Hall–Kier alpha value is -0.490. The third-order valence-corrected chi connectivity index (χ3v) is 4.29. The Kier molecular flexibility index (Phi) is 5.76. The normalized spacial score (nSPS) is 15.6. The molecule has 108 valence electrons. The molecule has 0 unspecified atom stereocenters. The molecule has 19 heavy (non-hydrogen) atoms. The molecule has 1 heterocycles. The van der Waals surface area contributed by atoms with E-state index >= 15 is 0 Å². The van der Waals surface area contributed by atoms with Gasteiger partial charge >= 0.3 is 0 Å². The molecule has 1 fully saturated rings. The van der Waals surface area contributed by atoms with Gasteiger partial charge in [0, 0.05) is 44.2 Å². The number of hydrogen-bond acceptors (Lipinski definition) is 5. The highest BCUT2D eigenvalue weighted by molar-refractivity contribution is 7.09. The molecule has 1 N–H and O–H groups in total. The molecule has 0 spiro atoms. The zero-order valence-corrected chi connectivity index (χ0v) is 13.0. The van der Waals surface area contributed by atoms with Crippen LogP contribution in [0.15, 0.2) is 5.38 Å². The fourth-order valence-electron chi connectivity index (χ4n) is 1.96. The van der Waals surface area contributed by atoms with Crippen molar-refractivity contribution in [3.63, 3.8) is 0 Å². The zero-order chi connectivity index (χ0) is 13.7. The minimum atomic E-state index is 0.518. The summed E-state index contributed by atoms with van der Waals surface area (Å²) in [7, 11) is 1.75. The van der Waals surface area contributed by atoms with E-state index in [-0.39, 0.29) is 0 Å². The third-order valence-electron chi connectivity index (χ3n) is 3.40. The van der Waals surface area contributed by atoms with Crippen molar-refractivity contribution >= 4 is 11.3 Å². The maximum Gasteiger partial charge on any atom is 0.107 e. The van der Waals surface area contributed by atoms with E-state index in [0.29, 0.717) is 6.04 Å². The van der Waals surface area contributed by atoms with E-state index in [1.165, 1.54) is 23.5 Å². The molecule has 1 aliphatic carbocycles. The van der Waals surface area contributed by atoms with E-state index in [0.717, 1.165) is 32.3 Å². The van der Waals surface area contributed by atoms with Gasteiger partial charge in [0.2, 0.25) is 0 Å². The number of ether oxygens (including phenoxy) is 1. The third kappa shape index (κ3) is 5.18. The van der Waals surface area contributed by atoms with Crippen LogP contribution in [-0.2, 0) is 17.8 Å². The van der Waals surface area contributed by atoms with Crippen LogP contribution >= 0.6 is 11.3 Å². The van der Waals surface area contributed by atoms with Gasteiger partial charge < -0.3 is 10.1 Å². The molecule has 1 saturated carbocycles. The standard InChI is InChI=1S/C14H25N3OS/c1-11(2)17(6-7-18-3)9-13-10-19-14(16-13)8-15-12-4-5-12/h10-12,15H,4-9H2,1-3H3. The van der Waals surface area contributed by atoms with Crippen LogP contribution in [0.25, 0.3) is 0 Å². The molecular formula is C14H25N3OS. The van der Waals surface area contributed by atoms with Crippen molar-refractivity contribution in [1.82, 2.24) is 15.2 Å². The Balaban J connectivity index is 1.81. The number of rotatable bonds is 9. The van der Waals surface area contributed by atoms with Crippen LogP contribution in [-0.4, -0.2) is 42.2 Å². The Labute approximate surface area is 120 Å². The largest absolute Gasteiger partial charge is 0.383 e. The second-order valence-corrected chi connectivity index (χ2v) is 6.39. The maximum atomic E-state index is 5.17. The second kappa shape index (κ2) is 7.33. The fourth-order valence-corrected chi connectivity index (χ4v) is 2.69. The molecule has 2 rings (SSSR count). The molecule has 1 aromatic heterocycles. The summed E-state index contributed by atoms with van der Waals surface area (Å²) in [6, 6.07) is 1.27. The lowest BCUT2D eigenvalue weighted by atomic mass is 10.3. The van der Waals surface area contributed by atoms with E-state index in [1.807, 2.05) is 0 Å². The van der Waals surface area contributed by atoms with Crippen LogP contribution in [0.2, 0.25) is 0 Å². The van der Waals surface area contributed by atoms with Crippen molar-refractivity contribution in [1.29, 1.82) is 0 Å². The van der Waals surface area contributed by atoms with Gasteiger partial charge in [-0.1, -0.05) is 0 Å². The van der Waals surface area contributed by atoms with E-state index < -0.39 is 0 Å². The van der Waals surface area contributed by atoms with Gasteiger partial charge in [0.1, 0.15) is 5.01 Å². The van der Waals surface area contributed by atoms with Crippen molar-refractivity contribution in [2.45, 2.75) is 51.9 Å². The van der Waals surface area contributed by atoms with Crippen molar-refractivity contribution < 1.29 is 4.74 Å². The topological polar surface area (TPSA) is 37.4 Å². The molecule has 4 nitrogen and oxygen atoms in total. The predicted molar refractivity (Wildman–Crippen MR) is 79.4 cm³/mol. The lowest BCUT2D eigenvalue weighted by Gasteiger charge is -2.25. The summed E-state index contributed by atoms with van der Waals surface area (Å²) >= 11 is 1.77. The lowest BCUT2D eigenvalue weighted by molar-refractivity contribution is 0.124. The number of hydrogen-bond donors (Lipinski definition) is 1. The SMILES string of the molecule is COCCN(Cc1csc(CNC2CC2)n1)C(C)C. The van der Waals surface area contributed by atoms with Crippen molar-refractivity contribution in [3.05, 3.63) is 16.1 Å². The molecule has 0 saturated heterocycles. The molecule has 0 aromatic carbocycles. The molecule has 0 radical (unpaired) electrons. The van der Waals surface area contributed by atoms with Crippen LogP contribution < -0.4 is 5.32 Å². The van der Waals surface area contributed by atoms with Gasteiger partial charge in [-0.3, -0.25) is 4.90 Å². The quantitative estimate of drug-likeness (QED) is 0.754. The first-order valence-electron chi connectivity index (χ1n) is 7.08. The molecule has 0 atom stereocenters. The van der Waals surface area contributed by atoms with Gasteiger partial charge in [0.25, 0.3) is 0 Å². The smallest absolute Gasteiger partial charge is 0.107 e. The monoisotopic (exact) mass is 283 g/mol. The van der Waals surface area contributed by atoms with Crippen molar-refractivity contribution in [2.24, 2.45) is 0 Å². The number of aromatic nitrogens is 1. The van der Waals surface area contributed by atoms with Crippen LogP contribution in [0.1, 0.15) is 37.4 Å². The summed E-state index contributed by atoms with van der Waals surface area (Å²) in [5.74, 6) is 0. The Morgan fingerprint density at radius 3 is 2.95 bits per heavy atom. The summed E-state index contributed by atoms with van der Waals surface area (Å²) in [6.45, 7) is 8.02. The predicted octanol–water partition coefficient (Wildman–Crippen LogP) is 2.25. The second-order valence-electron chi connectivity index (χ2n) is 5.44. The molecule has 0 bridgehead atoms. The molecular weight excluding hydrogens is 258 g/mol. The summed E-state index contributed by atoms with van der Waals surface area (Å²) in [5.41, 5.74) is 1.18. The fraction of sp³-hybridized carbons (Fsp3) is 0.786. The van der Waals surface area contributed by atoms with Crippen molar-refractivity contribution in [3.8, 4) is 0 Å². The molecule has 5 heteroatoms. The first-order chi connectivity index (χ1) is 9.19. The van der Waals surface area contributed by atoms with Gasteiger partial charge in [-0.25, -0.2) is 4.98 Å². The lowest BCUT2D eigenvalue weighted by Crippen LogP contribution is -2.33. The van der Waals surface area contributed by atoms with E-state index in [4.69, 9.17) is 9.72 Å². The molecule has 1 aliphatic rings. The number of methoxy groups -OCH3 is 1. The highest BCUT2D eigenvalue weighted by atomic mass is 32.1. The number of nitrogens with one attached hydrogen (secondary N) is 1. The maximum absolute atomic E-state index is 5.17. The van der Waals surface area contributed by atoms with Gasteiger partial charge in [-0.05, 0) is 26.7 Å². The van der Waals surface area contributed by atoms with Gasteiger partial charge in [0.15, 0.2) is 0 Å². The van der Waals surface area contributed by atoms with Crippen LogP contribution in [0.5, 0.6) is 0 Å². The number of nitrogens with zero attached hydrogens (tertiary/aromatic N) is 2.